The summed E-state index contributed by atoms with van der Waals surface area (Å²) >= 11 is 4.53. The minimum absolute atomic E-state index is 0.0966. The quantitative estimate of drug-likeness (QED) is 0.779. The second kappa shape index (κ2) is 5.34. The zero-order valence-electron chi connectivity index (χ0n) is 9.94. The van der Waals surface area contributed by atoms with E-state index in [0.29, 0.717) is 15.9 Å². The minimum atomic E-state index is -0.468. The zero-order chi connectivity index (χ0) is 14.1. The number of benzene rings is 2. The lowest BCUT2D eigenvalue weighted by Gasteiger charge is -2.21. The van der Waals surface area contributed by atoms with Crippen LogP contribution in [0.4, 0.5) is 14.9 Å². The number of rotatable bonds is 2. The molecule has 0 bridgehead atoms. The van der Waals surface area contributed by atoms with Crippen molar-refractivity contribution in [3.05, 3.63) is 46.7 Å². The standard InChI is InChI=1S/C13H8BrFN2O2S/c14-7-5-6-10-11(16-13(18)17-20-10)12(7)19-9-4-2-1-3-8(9)15/h1-6H,(H2,16,17,18). The first-order valence-corrected chi connectivity index (χ1v) is 7.25. The van der Waals surface area contributed by atoms with Gasteiger partial charge in [0.1, 0.15) is 5.69 Å². The molecule has 2 amide bonds. The highest BCUT2D eigenvalue weighted by molar-refractivity contribution is 9.10. The van der Waals surface area contributed by atoms with Crippen LogP contribution in [0.5, 0.6) is 11.5 Å². The van der Waals surface area contributed by atoms with Crippen molar-refractivity contribution in [1.29, 1.82) is 0 Å². The van der Waals surface area contributed by atoms with Crippen molar-refractivity contribution in [3.8, 4) is 11.5 Å². The molecule has 0 fully saturated rings. The maximum Gasteiger partial charge on any atom is 0.329 e. The predicted molar refractivity (Wildman–Crippen MR) is 78.6 cm³/mol. The molecule has 0 saturated heterocycles. The lowest BCUT2D eigenvalue weighted by atomic mass is 10.2. The summed E-state index contributed by atoms with van der Waals surface area (Å²) in [6.45, 7) is 0. The molecule has 4 nitrogen and oxygen atoms in total. The third kappa shape index (κ3) is 2.46. The summed E-state index contributed by atoms with van der Waals surface area (Å²) in [6.07, 6.45) is 0. The molecule has 0 spiro atoms. The normalized spacial score (nSPS) is 13.2. The van der Waals surface area contributed by atoms with Gasteiger partial charge in [0, 0.05) is 0 Å². The Labute approximate surface area is 127 Å². The van der Waals surface area contributed by atoms with E-state index in [0.717, 1.165) is 4.90 Å². The molecular formula is C13H8BrFN2O2S. The first-order chi connectivity index (χ1) is 9.65. The largest absolute Gasteiger partial charge is 0.451 e. The maximum atomic E-state index is 13.7. The molecule has 7 heteroatoms. The van der Waals surface area contributed by atoms with Gasteiger partial charge in [-0.1, -0.05) is 12.1 Å². The second-order valence-corrected chi connectivity index (χ2v) is 5.64. The Kier molecular flexibility index (Phi) is 3.54. The number of halogens is 2. The van der Waals surface area contributed by atoms with Crippen LogP contribution >= 0.6 is 27.9 Å². The molecule has 2 N–H and O–H groups in total. The highest BCUT2D eigenvalue weighted by Gasteiger charge is 2.22. The van der Waals surface area contributed by atoms with Gasteiger partial charge < -0.3 is 10.1 Å². The van der Waals surface area contributed by atoms with E-state index in [2.05, 4.69) is 26.0 Å². The summed E-state index contributed by atoms with van der Waals surface area (Å²) < 4.78 is 22.5. The Morgan fingerprint density at radius 2 is 2.00 bits per heavy atom. The summed E-state index contributed by atoms with van der Waals surface area (Å²) in [7, 11) is 0. The third-order valence-electron chi connectivity index (χ3n) is 2.61. The van der Waals surface area contributed by atoms with Crippen molar-refractivity contribution in [2.45, 2.75) is 4.90 Å². The number of carbonyl (C=O) groups excluding carboxylic acids is 1. The SMILES string of the molecule is O=C1NSc2ccc(Br)c(Oc3ccccc3F)c2N1. The Morgan fingerprint density at radius 3 is 2.80 bits per heavy atom. The van der Waals surface area contributed by atoms with Crippen molar-refractivity contribution in [2.24, 2.45) is 0 Å². The smallest absolute Gasteiger partial charge is 0.329 e. The average molecular weight is 355 g/mol. The van der Waals surface area contributed by atoms with Gasteiger partial charge >= 0.3 is 6.03 Å². The van der Waals surface area contributed by atoms with Gasteiger partial charge in [0.05, 0.1) is 9.37 Å². The molecule has 0 atom stereocenters. The van der Waals surface area contributed by atoms with Crippen LogP contribution in [0.2, 0.25) is 0 Å². The van der Waals surface area contributed by atoms with Crippen LogP contribution in [-0.4, -0.2) is 6.03 Å². The van der Waals surface area contributed by atoms with Crippen LogP contribution in [0.1, 0.15) is 0 Å². The van der Waals surface area contributed by atoms with E-state index >= 15 is 0 Å². The van der Waals surface area contributed by atoms with E-state index in [1.807, 2.05) is 6.07 Å². The Bertz CT molecular complexity index is 696. The lowest BCUT2D eigenvalue weighted by Crippen LogP contribution is -2.27. The predicted octanol–water partition coefficient (Wildman–Crippen LogP) is 4.52. The minimum Gasteiger partial charge on any atom is -0.451 e. The summed E-state index contributed by atoms with van der Waals surface area (Å²) in [5.41, 5.74) is 0.511. The number of carbonyl (C=O) groups is 1. The topological polar surface area (TPSA) is 50.4 Å². The van der Waals surface area contributed by atoms with E-state index in [-0.39, 0.29) is 11.8 Å². The fourth-order valence-electron chi connectivity index (χ4n) is 1.72. The Balaban J connectivity index is 2.05. The molecule has 0 aromatic heterocycles. The van der Waals surface area contributed by atoms with Crippen LogP contribution in [0.25, 0.3) is 0 Å². The zero-order valence-corrected chi connectivity index (χ0v) is 12.3. The number of fused-ring (bicyclic) bond motifs is 1. The van der Waals surface area contributed by atoms with Crippen molar-refractivity contribution in [3.63, 3.8) is 0 Å². The van der Waals surface area contributed by atoms with Crippen molar-refractivity contribution < 1.29 is 13.9 Å². The number of urea groups is 1. The van der Waals surface area contributed by atoms with Crippen molar-refractivity contribution in [2.75, 3.05) is 5.32 Å². The van der Waals surface area contributed by atoms with Crippen LogP contribution in [0.15, 0.2) is 45.8 Å². The summed E-state index contributed by atoms with van der Waals surface area (Å²) in [6, 6.07) is 9.35. The van der Waals surface area contributed by atoms with Crippen molar-refractivity contribution in [1.82, 2.24) is 4.72 Å². The molecule has 1 heterocycles. The Hall–Kier alpha value is -1.73. The van der Waals surface area contributed by atoms with Crippen LogP contribution in [-0.2, 0) is 0 Å². The van der Waals surface area contributed by atoms with Crippen LogP contribution in [0.3, 0.4) is 0 Å². The Morgan fingerprint density at radius 1 is 1.20 bits per heavy atom. The molecular weight excluding hydrogens is 347 g/mol. The molecule has 2 aromatic rings. The molecule has 3 rings (SSSR count). The summed E-state index contributed by atoms with van der Waals surface area (Å²) in [5.74, 6) is -0.000696. The average Bonchev–Trinajstić information content (AvgIpc) is 2.44. The van der Waals surface area contributed by atoms with Gasteiger partial charge in [-0.2, -0.15) is 0 Å². The van der Waals surface area contributed by atoms with Gasteiger partial charge in [-0.3, -0.25) is 4.72 Å². The van der Waals surface area contributed by atoms with Gasteiger partial charge in [-0.25, -0.2) is 9.18 Å². The molecule has 2 aromatic carbocycles. The highest BCUT2D eigenvalue weighted by atomic mass is 79.9. The monoisotopic (exact) mass is 354 g/mol. The summed E-state index contributed by atoms with van der Waals surface area (Å²) in [4.78, 5) is 12.2. The molecule has 0 aliphatic carbocycles. The number of amides is 2. The van der Waals surface area contributed by atoms with E-state index < -0.39 is 5.82 Å². The van der Waals surface area contributed by atoms with Gasteiger partial charge in [0.2, 0.25) is 0 Å². The number of ether oxygens (including phenoxy) is 1. The number of anilines is 1. The molecule has 0 unspecified atom stereocenters. The first kappa shape index (κ1) is 13.3. The van der Waals surface area contributed by atoms with E-state index in [4.69, 9.17) is 4.74 Å². The van der Waals surface area contributed by atoms with E-state index in [9.17, 15) is 9.18 Å². The number of para-hydroxylation sites is 1. The number of hydrogen-bond donors (Lipinski definition) is 2. The number of nitrogens with one attached hydrogen (secondary N) is 2. The van der Waals surface area contributed by atoms with E-state index in [1.54, 1.807) is 18.2 Å². The molecule has 102 valence electrons. The molecule has 0 saturated carbocycles. The molecule has 20 heavy (non-hydrogen) atoms. The number of hydrogen-bond acceptors (Lipinski definition) is 3. The molecule has 0 radical (unpaired) electrons. The first-order valence-electron chi connectivity index (χ1n) is 5.64. The van der Waals surface area contributed by atoms with Gasteiger partial charge in [-0.15, -0.1) is 0 Å². The summed E-state index contributed by atoms with van der Waals surface area (Å²) in [5, 5.41) is 2.66. The highest BCUT2D eigenvalue weighted by Crippen LogP contribution is 2.44. The fraction of sp³-hybridized carbons (Fsp3) is 0. The third-order valence-corrected chi connectivity index (χ3v) is 4.08. The fourth-order valence-corrected chi connectivity index (χ4v) is 2.77. The van der Waals surface area contributed by atoms with Crippen LogP contribution in [0, 0.1) is 5.82 Å². The maximum absolute atomic E-state index is 13.7. The molecule has 1 aliphatic heterocycles. The van der Waals surface area contributed by atoms with Crippen molar-refractivity contribution >= 4 is 39.6 Å². The van der Waals surface area contributed by atoms with Crippen LogP contribution < -0.4 is 14.8 Å². The van der Waals surface area contributed by atoms with Gasteiger partial charge in [0.15, 0.2) is 17.3 Å². The second-order valence-electron chi connectivity index (χ2n) is 3.94. The molecule has 1 aliphatic rings. The van der Waals surface area contributed by atoms with Gasteiger partial charge in [-0.05, 0) is 52.1 Å². The van der Waals surface area contributed by atoms with Gasteiger partial charge in [0.25, 0.3) is 0 Å². The lowest BCUT2D eigenvalue weighted by molar-refractivity contribution is 0.256. The van der Waals surface area contributed by atoms with E-state index in [1.165, 1.54) is 24.1 Å².